The van der Waals surface area contributed by atoms with Gasteiger partial charge in [-0.1, -0.05) is 42.5 Å². The van der Waals surface area contributed by atoms with Crippen LogP contribution in [0.5, 0.6) is 0 Å². The Morgan fingerprint density at radius 1 is 1.17 bits per heavy atom. The molecule has 1 amide bonds. The number of benzene rings is 2. The average Bonchev–Trinajstić information content (AvgIpc) is 3.34. The van der Waals surface area contributed by atoms with Gasteiger partial charge in [-0.2, -0.15) is 0 Å². The highest BCUT2D eigenvalue weighted by Crippen LogP contribution is 2.24. The number of amides is 1. The molecule has 0 aliphatic carbocycles. The topological polar surface area (TPSA) is 67.7 Å². The fourth-order valence-corrected chi connectivity index (χ4v) is 2.55. The lowest BCUT2D eigenvalue weighted by Gasteiger charge is -2.15. The normalized spacial score (nSPS) is 17.8. The molecule has 5 heteroatoms. The second-order valence-corrected chi connectivity index (χ2v) is 5.59. The van der Waals surface area contributed by atoms with E-state index in [1.165, 1.54) is 0 Å². The number of carbonyl (C=O) groups is 1. The molecule has 23 heavy (non-hydrogen) atoms. The number of rotatable bonds is 5. The Balaban J connectivity index is 1.63. The van der Waals surface area contributed by atoms with Crippen molar-refractivity contribution in [2.45, 2.75) is 18.6 Å². The number of aromatic nitrogens is 1. The first-order valence-electron chi connectivity index (χ1n) is 7.61. The molecule has 4 rings (SSSR count). The van der Waals surface area contributed by atoms with Crippen LogP contribution in [-0.4, -0.2) is 23.6 Å². The Labute approximate surface area is 133 Å². The Morgan fingerprint density at radius 3 is 2.65 bits per heavy atom. The van der Waals surface area contributed by atoms with Crippen LogP contribution < -0.4 is 5.32 Å². The number of oxazole rings is 1. The van der Waals surface area contributed by atoms with E-state index in [0.29, 0.717) is 18.9 Å². The number of carbonyl (C=O) groups excluding carboxylic acids is 1. The first-order valence-corrected chi connectivity index (χ1v) is 7.61. The molecule has 2 heterocycles. The lowest BCUT2D eigenvalue weighted by atomic mass is 10.1. The molecule has 0 radical (unpaired) electrons. The molecule has 2 aromatic carbocycles. The van der Waals surface area contributed by atoms with Crippen LogP contribution in [0.25, 0.3) is 11.1 Å². The third-order valence-electron chi connectivity index (χ3n) is 3.83. The Bertz CT molecular complexity index is 791. The van der Waals surface area contributed by atoms with Gasteiger partial charge in [-0.3, -0.25) is 4.79 Å². The zero-order valence-electron chi connectivity index (χ0n) is 12.4. The number of hydrogen-bond acceptors (Lipinski definition) is 4. The summed E-state index contributed by atoms with van der Waals surface area (Å²) in [7, 11) is 0. The molecular weight excluding hydrogens is 292 g/mol. The molecule has 0 bridgehead atoms. The summed E-state index contributed by atoms with van der Waals surface area (Å²) in [5, 5.41) is 2.98. The van der Waals surface area contributed by atoms with Crippen molar-refractivity contribution in [1.82, 2.24) is 10.3 Å². The van der Waals surface area contributed by atoms with E-state index in [1.807, 2.05) is 54.6 Å². The maximum Gasteiger partial charge on any atom is 0.252 e. The molecule has 1 fully saturated rings. The quantitative estimate of drug-likeness (QED) is 0.736. The van der Waals surface area contributed by atoms with Gasteiger partial charge in [-0.15, -0.1) is 0 Å². The van der Waals surface area contributed by atoms with E-state index in [1.54, 1.807) is 0 Å². The van der Waals surface area contributed by atoms with E-state index in [2.05, 4.69) is 10.3 Å². The predicted octanol–water partition coefficient (Wildman–Crippen LogP) is 2.63. The molecule has 1 N–H and O–H groups in total. The largest absolute Gasteiger partial charge is 0.438 e. The van der Waals surface area contributed by atoms with Gasteiger partial charge >= 0.3 is 0 Å². The van der Waals surface area contributed by atoms with Crippen LogP contribution in [0.2, 0.25) is 0 Å². The molecule has 2 atom stereocenters. The minimum absolute atomic E-state index is 0.117. The minimum atomic E-state index is -0.336. The van der Waals surface area contributed by atoms with Crippen molar-refractivity contribution in [2.75, 3.05) is 6.61 Å². The summed E-state index contributed by atoms with van der Waals surface area (Å²) in [5.41, 5.74) is 2.62. The monoisotopic (exact) mass is 308 g/mol. The molecule has 0 spiro atoms. The van der Waals surface area contributed by atoms with E-state index in [0.717, 1.165) is 16.7 Å². The van der Waals surface area contributed by atoms with Crippen LogP contribution in [0.4, 0.5) is 0 Å². The highest BCUT2D eigenvalue weighted by Gasteiger charge is 2.33. The van der Waals surface area contributed by atoms with Gasteiger partial charge in [0.2, 0.25) is 5.89 Å². The van der Waals surface area contributed by atoms with Crippen LogP contribution in [-0.2, 0) is 16.0 Å². The summed E-state index contributed by atoms with van der Waals surface area (Å²) in [6.07, 6.45) is 0.282. The first kappa shape index (κ1) is 14.0. The standard InChI is InChI=1S/C18H16N2O3/c21-17(16-11-22-16)19-14(10-12-6-2-1-3-7-12)18-20-13-8-4-5-9-15(13)23-18/h1-9,14,16H,10-11H2,(H,19,21). The van der Waals surface area contributed by atoms with Crippen molar-refractivity contribution in [2.24, 2.45) is 0 Å². The van der Waals surface area contributed by atoms with Crippen LogP contribution in [0, 0.1) is 0 Å². The van der Waals surface area contributed by atoms with Gasteiger partial charge in [-0.05, 0) is 17.7 Å². The van der Waals surface area contributed by atoms with Crippen LogP contribution in [0.15, 0.2) is 59.0 Å². The number of ether oxygens (including phenoxy) is 1. The van der Waals surface area contributed by atoms with E-state index >= 15 is 0 Å². The summed E-state index contributed by atoms with van der Waals surface area (Å²) >= 11 is 0. The summed E-state index contributed by atoms with van der Waals surface area (Å²) in [6.45, 7) is 0.484. The van der Waals surface area contributed by atoms with E-state index < -0.39 is 0 Å². The van der Waals surface area contributed by atoms with Crippen LogP contribution >= 0.6 is 0 Å². The Kier molecular flexibility index (Phi) is 3.55. The zero-order chi connectivity index (χ0) is 15.6. The number of nitrogens with zero attached hydrogens (tertiary/aromatic N) is 1. The van der Waals surface area contributed by atoms with E-state index in [-0.39, 0.29) is 18.1 Å². The summed E-state index contributed by atoms with van der Waals surface area (Å²) < 4.78 is 10.9. The molecule has 1 aliphatic heterocycles. The molecular formula is C18H16N2O3. The van der Waals surface area contributed by atoms with Crippen molar-refractivity contribution < 1.29 is 13.9 Å². The average molecular weight is 308 g/mol. The molecule has 2 unspecified atom stereocenters. The third-order valence-corrected chi connectivity index (χ3v) is 3.83. The number of para-hydroxylation sites is 2. The van der Waals surface area contributed by atoms with Crippen molar-refractivity contribution in [1.29, 1.82) is 0 Å². The van der Waals surface area contributed by atoms with Crippen molar-refractivity contribution in [3.8, 4) is 0 Å². The third kappa shape index (κ3) is 3.10. The van der Waals surface area contributed by atoms with E-state index in [4.69, 9.17) is 9.15 Å². The number of nitrogens with one attached hydrogen (secondary N) is 1. The van der Waals surface area contributed by atoms with Crippen molar-refractivity contribution >= 4 is 17.0 Å². The summed E-state index contributed by atoms with van der Waals surface area (Å²) in [6, 6.07) is 17.2. The number of epoxide rings is 1. The summed E-state index contributed by atoms with van der Waals surface area (Å²) in [5.74, 6) is 0.400. The van der Waals surface area contributed by atoms with Crippen molar-refractivity contribution in [3.63, 3.8) is 0 Å². The predicted molar refractivity (Wildman–Crippen MR) is 84.8 cm³/mol. The smallest absolute Gasteiger partial charge is 0.252 e. The molecule has 1 saturated heterocycles. The van der Waals surface area contributed by atoms with Gasteiger partial charge in [0.25, 0.3) is 5.91 Å². The molecule has 5 nitrogen and oxygen atoms in total. The molecule has 1 aromatic heterocycles. The Morgan fingerprint density at radius 2 is 1.91 bits per heavy atom. The lowest BCUT2D eigenvalue weighted by Crippen LogP contribution is -2.33. The van der Waals surface area contributed by atoms with E-state index in [9.17, 15) is 4.79 Å². The molecule has 116 valence electrons. The maximum absolute atomic E-state index is 12.1. The molecule has 3 aromatic rings. The maximum atomic E-state index is 12.1. The summed E-state index contributed by atoms with van der Waals surface area (Å²) in [4.78, 5) is 16.6. The number of hydrogen-bond donors (Lipinski definition) is 1. The van der Waals surface area contributed by atoms with Gasteiger partial charge in [0, 0.05) is 6.42 Å². The van der Waals surface area contributed by atoms with Gasteiger partial charge in [0.15, 0.2) is 11.7 Å². The van der Waals surface area contributed by atoms with Crippen LogP contribution in [0.1, 0.15) is 17.5 Å². The van der Waals surface area contributed by atoms with Gasteiger partial charge in [0.05, 0.1) is 6.61 Å². The zero-order valence-corrected chi connectivity index (χ0v) is 12.4. The Hall–Kier alpha value is -2.66. The lowest BCUT2D eigenvalue weighted by molar-refractivity contribution is -0.123. The minimum Gasteiger partial charge on any atom is -0.438 e. The second-order valence-electron chi connectivity index (χ2n) is 5.59. The van der Waals surface area contributed by atoms with Crippen molar-refractivity contribution in [3.05, 3.63) is 66.1 Å². The molecule has 1 aliphatic rings. The highest BCUT2D eigenvalue weighted by molar-refractivity contribution is 5.83. The van der Waals surface area contributed by atoms with Gasteiger partial charge < -0.3 is 14.5 Å². The highest BCUT2D eigenvalue weighted by atomic mass is 16.6. The SMILES string of the molecule is O=C(NC(Cc1ccccc1)c1nc2ccccc2o1)C1CO1. The van der Waals surface area contributed by atoms with Crippen LogP contribution in [0.3, 0.4) is 0 Å². The number of fused-ring (bicyclic) bond motifs is 1. The fraction of sp³-hybridized carbons (Fsp3) is 0.222. The van der Waals surface area contributed by atoms with Gasteiger partial charge in [-0.25, -0.2) is 4.98 Å². The fourth-order valence-electron chi connectivity index (χ4n) is 2.55. The first-order chi connectivity index (χ1) is 11.3. The molecule has 0 saturated carbocycles. The second kappa shape index (κ2) is 5.85. The van der Waals surface area contributed by atoms with Gasteiger partial charge in [0.1, 0.15) is 11.6 Å².